The van der Waals surface area contributed by atoms with Crippen molar-refractivity contribution >= 4 is 27.6 Å². The van der Waals surface area contributed by atoms with Gasteiger partial charge in [0.1, 0.15) is 0 Å². The van der Waals surface area contributed by atoms with Crippen LogP contribution < -0.4 is 5.32 Å². The van der Waals surface area contributed by atoms with Gasteiger partial charge in [0.05, 0.1) is 4.90 Å². The van der Waals surface area contributed by atoms with Gasteiger partial charge in [-0.1, -0.05) is 18.6 Å². The van der Waals surface area contributed by atoms with Crippen LogP contribution in [0.15, 0.2) is 29.2 Å². The number of hydrogen-bond donors (Lipinski definition) is 1. The first kappa shape index (κ1) is 23.4. The van der Waals surface area contributed by atoms with Gasteiger partial charge < -0.3 is 10.2 Å². The fourth-order valence-corrected chi connectivity index (χ4v) is 5.63. The molecule has 2 fully saturated rings. The quantitative estimate of drug-likeness (QED) is 0.640. The van der Waals surface area contributed by atoms with Crippen molar-refractivity contribution < 1.29 is 22.8 Å². The van der Waals surface area contributed by atoms with Crippen LogP contribution >= 0.6 is 0 Å². The normalized spacial score (nSPS) is 19.1. The molecule has 0 spiro atoms. The zero-order valence-corrected chi connectivity index (χ0v) is 18.8. The first-order valence-electron chi connectivity index (χ1n) is 11.0. The highest BCUT2D eigenvalue weighted by molar-refractivity contribution is 7.89. The van der Waals surface area contributed by atoms with Crippen LogP contribution in [0.2, 0.25) is 0 Å². The van der Waals surface area contributed by atoms with Gasteiger partial charge in [0.25, 0.3) is 0 Å². The van der Waals surface area contributed by atoms with Gasteiger partial charge in [-0.2, -0.15) is 4.31 Å². The minimum absolute atomic E-state index is 0.0853. The SMILES string of the molecule is CC(=O)c1cccc(S(=O)(=O)N2CCC(C(=O)NCCN3CCCCCC3=O)CC2)c1. The predicted molar refractivity (Wildman–Crippen MR) is 116 cm³/mol. The van der Waals surface area contributed by atoms with Crippen molar-refractivity contribution in [2.24, 2.45) is 5.92 Å². The summed E-state index contributed by atoms with van der Waals surface area (Å²) >= 11 is 0. The molecule has 2 amide bonds. The summed E-state index contributed by atoms with van der Waals surface area (Å²) in [4.78, 5) is 38.0. The number of carbonyl (C=O) groups is 3. The first-order valence-corrected chi connectivity index (χ1v) is 12.4. The molecule has 0 bridgehead atoms. The number of carbonyl (C=O) groups excluding carboxylic acids is 3. The van der Waals surface area contributed by atoms with Crippen LogP contribution in [0.25, 0.3) is 0 Å². The molecule has 1 aromatic carbocycles. The maximum Gasteiger partial charge on any atom is 0.243 e. The van der Waals surface area contributed by atoms with Crippen molar-refractivity contribution in [1.82, 2.24) is 14.5 Å². The van der Waals surface area contributed by atoms with Gasteiger partial charge in [0.15, 0.2) is 5.78 Å². The Morgan fingerprint density at radius 3 is 2.55 bits per heavy atom. The van der Waals surface area contributed by atoms with Crippen LogP contribution in [-0.4, -0.2) is 67.9 Å². The molecule has 0 radical (unpaired) electrons. The predicted octanol–water partition coefficient (Wildman–Crippen LogP) is 1.81. The molecular weight excluding hydrogens is 418 g/mol. The van der Waals surface area contributed by atoms with E-state index in [2.05, 4.69) is 5.32 Å². The van der Waals surface area contributed by atoms with Crippen molar-refractivity contribution in [2.75, 3.05) is 32.7 Å². The average molecular weight is 450 g/mol. The third-order valence-electron chi connectivity index (χ3n) is 6.06. The van der Waals surface area contributed by atoms with Crippen molar-refractivity contribution in [1.29, 1.82) is 0 Å². The van der Waals surface area contributed by atoms with Crippen molar-refractivity contribution in [3.63, 3.8) is 0 Å². The van der Waals surface area contributed by atoms with E-state index in [9.17, 15) is 22.8 Å². The zero-order valence-electron chi connectivity index (χ0n) is 18.0. The molecule has 1 N–H and O–H groups in total. The van der Waals surface area contributed by atoms with E-state index >= 15 is 0 Å². The van der Waals surface area contributed by atoms with Crippen LogP contribution in [0.5, 0.6) is 0 Å². The van der Waals surface area contributed by atoms with Gasteiger partial charge in [-0.15, -0.1) is 0 Å². The summed E-state index contributed by atoms with van der Waals surface area (Å²) < 4.78 is 27.2. The Morgan fingerprint density at radius 2 is 1.84 bits per heavy atom. The smallest absolute Gasteiger partial charge is 0.243 e. The zero-order chi connectivity index (χ0) is 22.4. The Morgan fingerprint density at radius 1 is 1.10 bits per heavy atom. The Hall–Kier alpha value is -2.26. The standard InChI is InChI=1S/C22H31N3O5S/c1-17(26)19-6-5-7-20(16-19)31(29,30)25-13-9-18(10-14-25)22(28)23-11-15-24-12-4-2-3-8-21(24)27/h5-7,16,18H,2-4,8-15H2,1H3,(H,23,28). The summed E-state index contributed by atoms with van der Waals surface area (Å²) in [6.45, 7) is 3.60. The topological polar surface area (TPSA) is 104 Å². The molecule has 31 heavy (non-hydrogen) atoms. The van der Waals surface area contributed by atoms with Crippen LogP contribution in [0.3, 0.4) is 0 Å². The number of nitrogens with one attached hydrogen (secondary N) is 1. The fourth-order valence-electron chi connectivity index (χ4n) is 4.12. The molecule has 0 saturated carbocycles. The number of sulfonamides is 1. The minimum Gasteiger partial charge on any atom is -0.354 e. The molecule has 9 heteroatoms. The Bertz CT molecular complexity index is 923. The molecule has 1 aromatic rings. The summed E-state index contributed by atoms with van der Waals surface area (Å²) in [5, 5.41) is 2.91. The number of likely N-dealkylation sites (tertiary alicyclic amines) is 1. The van der Waals surface area contributed by atoms with Crippen LogP contribution in [0.4, 0.5) is 0 Å². The third-order valence-corrected chi connectivity index (χ3v) is 7.95. The number of nitrogens with zero attached hydrogens (tertiary/aromatic N) is 2. The summed E-state index contributed by atoms with van der Waals surface area (Å²) in [6, 6.07) is 6.06. The molecule has 170 valence electrons. The van der Waals surface area contributed by atoms with E-state index in [1.807, 2.05) is 4.90 Å². The van der Waals surface area contributed by atoms with E-state index in [-0.39, 0.29) is 41.5 Å². The number of amides is 2. The second-order valence-corrected chi connectivity index (χ2v) is 10.2. The molecule has 0 unspecified atom stereocenters. The van der Waals surface area contributed by atoms with E-state index in [0.29, 0.717) is 37.9 Å². The van der Waals surface area contributed by atoms with E-state index < -0.39 is 10.0 Å². The summed E-state index contributed by atoms with van der Waals surface area (Å²) in [5.74, 6) is -0.360. The fraction of sp³-hybridized carbons (Fsp3) is 0.591. The second kappa shape index (κ2) is 10.4. The molecule has 2 saturated heterocycles. The Balaban J connectivity index is 1.49. The Labute approximate surface area is 184 Å². The lowest BCUT2D eigenvalue weighted by Crippen LogP contribution is -2.44. The van der Waals surface area contributed by atoms with E-state index in [0.717, 1.165) is 25.8 Å². The summed E-state index contributed by atoms with van der Waals surface area (Å²) in [7, 11) is -3.70. The monoisotopic (exact) mass is 449 g/mol. The largest absolute Gasteiger partial charge is 0.354 e. The number of piperidine rings is 1. The van der Waals surface area contributed by atoms with Crippen LogP contribution in [0.1, 0.15) is 55.8 Å². The maximum absolute atomic E-state index is 12.9. The highest BCUT2D eigenvalue weighted by Gasteiger charge is 2.32. The molecule has 8 nitrogen and oxygen atoms in total. The van der Waals surface area contributed by atoms with E-state index in [1.165, 1.54) is 23.4 Å². The van der Waals surface area contributed by atoms with Crippen molar-refractivity contribution in [3.8, 4) is 0 Å². The molecule has 0 aliphatic carbocycles. The molecule has 3 rings (SSSR count). The van der Waals surface area contributed by atoms with Crippen molar-refractivity contribution in [2.45, 2.75) is 50.3 Å². The highest BCUT2D eigenvalue weighted by Crippen LogP contribution is 2.24. The highest BCUT2D eigenvalue weighted by atomic mass is 32.2. The van der Waals surface area contributed by atoms with Gasteiger partial charge in [-0.25, -0.2) is 8.42 Å². The average Bonchev–Trinajstić information content (AvgIpc) is 2.98. The van der Waals surface area contributed by atoms with Gasteiger partial charge in [0, 0.05) is 50.6 Å². The van der Waals surface area contributed by atoms with Crippen LogP contribution in [-0.2, 0) is 19.6 Å². The first-order chi connectivity index (χ1) is 14.8. The lowest BCUT2D eigenvalue weighted by Gasteiger charge is -2.31. The van der Waals surface area contributed by atoms with Gasteiger partial charge in [-0.05, 0) is 44.7 Å². The molecule has 0 atom stereocenters. The molecule has 2 aliphatic rings. The number of Topliss-reactive ketones (excluding diaryl/α,β-unsaturated/α-hetero) is 1. The van der Waals surface area contributed by atoms with E-state index in [4.69, 9.17) is 0 Å². The van der Waals surface area contributed by atoms with E-state index in [1.54, 1.807) is 12.1 Å². The number of hydrogen-bond acceptors (Lipinski definition) is 5. The number of rotatable bonds is 7. The maximum atomic E-state index is 12.9. The number of ketones is 1. The molecule has 0 aromatic heterocycles. The number of benzene rings is 1. The van der Waals surface area contributed by atoms with Gasteiger partial charge >= 0.3 is 0 Å². The lowest BCUT2D eigenvalue weighted by molar-refractivity contribution is -0.131. The Kier molecular flexibility index (Phi) is 7.83. The molecular formula is C22H31N3O5S. The minimum atomic E-state index is -3.70. The summed E-state index contributed by atoms with van der Waals surface area (Å²) in [6.07, 6.45) is 4.47. The second-order valence-electron chi connectivity index (χ2n) is 8.24. The van der Waals surface area contributed by atoms with Crippen molar-refractivity contribution in [3.05, 3.63) is 29.8 Å². The van der Waals surface area contributed by atoms with Gasteiger partial charge in [0.2, 0.25) is 21.8 Å². The summed E-state index contributed by atoms with van der Waals surface area (Å²) in [5.41, 5.74) is 0.359. The van der Waals surface area contributed by atoms with Crippen LogP contribution in [0, 0.1) is 5.92 Å². The third kappa shape index (κ3) is 5.92. The molecule has 2 heterocycles. The molecule has 2 aliphatic heterocycles. The van der Waals surface area contributed by atoms with Gasteiger partial charge in [-0.3, -0.25) is 14.4 Å². The lowest BCUT2D eigenvalue weighted by atomic mass is 9.97.